The van der Waals surface area contributed by atoms with Crippen LogP contribution in [-0.2, 0) is 9.47 Å². The highest BCUT2D eigenvalue weighted by Gasteiger charge is 2.17. The molecule has 2 aromatic rings. The predicted molar refractivity (Wildman–Crippen MR) is 77.3 cm³/mol. The summed E-state index contributed by atoms with van der Waals surface area (Å²) in [7, 11) is 3.39. The topological polar surface area (TPSA) is 69.0 Å². The van der Waals surface area contributed by atoms with Crippen LogP contribution in [0.4, 0.5) is 0 Å². The van der Waals surface area contributed by atoms with Crippen molar-refractivity contribution in [2.24, 2.45) is 0 Å². The van der Waals surface area contributed by atoms with Crippen molar-refractivity contribution in [1.82, 2.24) is 19.3 Å². The van der Waals surface area contributed by atoms with Crippen molar-refractivity contribution in [3.8, 4) is 0 Å². The number of hydrogen-bond acceptors (Lipinski definition) is 5. The summed E-state index contributed by atoms with van der Waals surface area (Å²) in [5.74, 6) is -0.160. The average Bonchev–Trinajstić information content (AvgIpc) is 2.98. The maximum absolute atomic E-state index is 12.4. The molecule has 0 atom stereocenters. The predicted octanol–water partition coefficient (Wildman–Crippen LogP) is 0.854. The van der Waals surface area contributed by atoms with Crippen molar-refractivity contribution in [2.45, 2.75) is 6.42 Å². The number of imidazole rings is 1. The lowest BCUT2D eigenvalue weighted by atomic mass is 10.3. The first-order valence-electron chi connectivity index (χ1n) is 6.84. The van der Waals surface area contributed by atoms with Crippen LogP contribution in [0.3, 0.4) is 0 Å². The molecule has 0 aromatic carbocycles. The lowest BCUT2D eigenvalue weighted by molar-refractivity contribution is 0.0652. The summed E-state index contributed by atoms with van der Waals surface area (Å²) in [6.45, 7) is 2.31. The SMILES string of the molecule is COCCCOCCN(C)C(=O)c1nccn2ccnc12. The molecular weight excluding hydrogens is 272 g/mol. The Morgan fingerprint density at radius 2 is 2.00 bits per heavy atom. The third kappa shape index (κ3) is 3.99. The molecule has 0 aliphatic heterocycles. The molecule has 0 aliphatic carbocycles. The van der Waals surface area contributed by atoms with Gasteiger partial charge >= 0.3 is 0 Å². The van der Waals surface area contributed by atoms with Crippen molar-refractivity contribution in [2.75, 3.05) is 40.5 Å². The summed E-state index contributed by atoms with van der Waals surface area (Å²) in [5.41, 5.74) is 0.916. The fraction of sp³-hybridized carbons (Fsp3) is 0.500. The average molecular weight is 292 g/mol. The van der Waals surface area contributed by atoms with Crippen molar-refractivity contribution < 1.29 is 14.3 Å². The van der Waals surface area contributed by atoms with Crippen molar-refractivity contribution in [3.05, 3.63) is 30.5 Å². The van der Waals surface area contributed by atoms with Gasteiger partial charge in [0.25, 0.3) is 5.91 Å². The number of ether oxygens (including phenoxy) is 2. The van der Waals surface area contributed by atoms with Gasteiger partial charge in [0.15, 0.2) is 11.3 Å². The first-order valence-corrected chi connectivity index (χ1v) is 6.84. The molecule has 2 heterocycles. The van der Waals surface area contributed by atoms with Crippen LogP contribution in [0.25, 0.3) is 5.65 Å². The first kappa shape index (κ1) is 15.4. The Labute approximate surface area is 123 Å². The molecule has 0 saturated heterocycles. The van der Waals surface area contributed by atoms with Gasteiger partial charge in [0.2, 0.25) is 0 Å². The Bertz CT molecular complexity index is 584. The van der Waals surface area contributed by atoms with E-state index in [9.17, 15) is 4.79 Å². The summed E-state index contributed by atoms with van der Waals surface area (Å²) >= 11 is 0. The van der Waals surface area contributed by atoms with Crippen LogP contribution < -0.4 is 0 Å². The third-order valence-corrected chi connectivity index (χ3v) is 3.07. The van der Waals surface area contributed by atoms with Crippen LogP contribution in [0, 0.1) is 0 Å². The van der Waals surface area contributed by atoms with E-state index in [1.807, 2.05) is 0 Å². The summed E-state index contributed by atoms with van der Waals surface area (Å²) in [6.07, 6.45) is 7.64. The van der Waals surface area contributed by atoms with E-state index in [1.165, 1.54) is 0 Å². The van der Waals surface area contributed by atoms with Gasteiger partial charge in [0, 0.05) is 58.7 Å². The van der Waals surface area contributed by atoms with Gasteiger partial charge in [-0.15, -0.1) is 0 Å². The molecule has 2 rings (SSSR count). The smallest absolute Gasteiger partial charge is 0.276 e. The van der Waals surface area contributed by atoms with Crippen LogP contribution >= 0.6 is 0 Å². The molecule has 0 radical (unpaired) electrons. The van der Waals surface area contributed by atoms with Gasteiger partial charge < -0.3 is 18.8 Å². The molecule has 0 aliphatic rings. The summed E-state index contributed by atoms with van der Waals surface area (Å²) in [5, 5.41) is 0. The normalized spacial score (nSPS) is 11.0. The second-order valence-electron chi connectivity index (χ2n) is 4.62. The largest absolute Gasteiger partial charge is 0.385 e. The Hall–Kier alpha value is -1.99. The van der Waals surface area contributed by atoms with Crippen molar-refractivity contribution in [1.29, 1.82) is 0 Å². The molecular formula is C14H20N4O3. The Kier molecular flexibility index (Phi) is 5.65. The van der Waals surface area contributed by atoms with E-state index in [2.05, 4.69) is 9.97 Å². The number of carbonyl (C=O) groups is 1. The Morgan fingerprint density at radius 1 is 1.24 bits per heavy atom. The van der Waals surface area contributed by atoms with Crippen LogP contribution in [0.15, 0.2) is 24.8 Å². The van der Waals surface area contributed by atoms with Gasteiger partial charge in [-0.05, 0) is 6.42 Å². The number of nitrogens with zero attached hydrogens (tertiary/aromatic N) is 4. The molecule has 114 valence electrons. The Morgan fingerprint density at radius 3 is 2.76 bits per heavy atom. The highest BCUT2D eigenvalue weighted by Crippen LogP contribution is 2.07. The quantitative estimate of drug-likeness (QED) is 0.675. The second-order valence-corrected chi connectivity index (χ2v) is 4.62. The van der Waals surface area contributed by atoms with E-state index in [1.54, 1.807) is 48.2 Å². The fourth-order valence-corrected chi connectivity index (χ4v) is 1.90. The highest BCUT2D eigenvalue weighted by molar-refractivity contribution is 5.97. The van der Waals surface area contributed by atoms with Crippen LogP contribution in [0.5, 0.6) is 0 Å². The van der Waals surface area contributed by atoms with Gasteiger partial charge in [-0.1, -0.05) is 0 Å². The maximum Gasteiger partial charge on any atom is 0.276 e. The van der Waals surface area contributed by atoms with E-state index in [0.717, 1.165) is 6.42 Å². The molecule has 0 fully saturated rings. The van der Waals surface area contributed by atoms with Crippen LogP contribution in [0.2, 0.25) is 0 Å². The van der Waals surface area contributed by atoms with E-state index >= 15 is 0 Å². The number of carbonyl (C=O) groups excluding carboxylic acids is 1. The monoisotopic (exact) mass is 292 g/mol. The number of methoxy groups -OCH3 is 1. The van der Waals surface area contributed by atoms with E-state index in [0.29, 0.717) is 37.7 Å². The lowest BCUT2D eigenvalue weighted by Crippen LogP contribution is -2.31. The zero-order valence-corrected chi connectivity index (χ0v) is 12.4. The maximum atomic E-state index is 12.4. The summed E-state index contributed by atoms with van der Waals surface area (Å²) < 4.78 is 12.2. The minimum Gasteiger partial charge on any atom is -0.385 e. The summed E-state index contributed by atoms with van der Waals surface area (Å²) in [4.78, 5) is 22.2. The zero-order valence-electron chi connectivity index (χ0n) is 12.4. The second kappa shape index (κ2) is 7.70. The minimum atomic E-state index is -0.160. The number of likely N-dealkylation sites (N-methyl/N-ethyl adjacent to an activating group) is 1. The van der Waals surface area contributed by atoms with E-state index < -0.39 is 0 Å². The van der Waals surface area contributed by atoms with Gasteiger partial charge in [0.1, 0.15) is 0 Å². The summed E-state index contributed by atoms with van der Waals surface area (Å²) in [6, 6.07) is 0. The Balaban J connectivity index is 1.86. The van der Waals surface area contributed by atoms with Gasteiger partial charge in [0.05, 0.1) is 6.61 Å². The van der Waals surface area contributed by atoms with Crippen LogP contribution in [0.1, 0.15) is 16.9 Å². The molecule has 2 aromatic heterocycles. The van der Waals surface area contributed by atoms with Crippen LogP contribution in [-0.4, -0.2) is 65.7 Å². The van der Waals surface area contributed by atoms with Gasteiger partial charge in [-0.25, -0.2) is 9.97 Å². The zero-order chi connectivity index (χ0) is 15.1. The molecule has 7 heteroatoms. The minimum absolute atomic E-state index is 0.160. The van der Waals surface area contributed by atoms with Crippen molar-refractivity contribution in [3.63, 3.8) is 0 Å². The molecule has 0 saturated carbocycles. The molecule has 0 spiro atoms. The number of fused-ring (bicyclic) bond motifs is 1. The van der Waals surface area contributed by atoms with Gasteiger partial charge in [-0.2, -0.15) is 0 Å². The van der Waals surface area contributed by atoms with Crippen molar-refractivity contribution >= 4 is 11.6 Å². The molecule has 21 heavy (non-hydrogen) atoms. The lowest BCUT2D eigenvalue weighted by Gasteiger charge is -2.16. The van der Waals surface area contributed by atoms with E-state index in [4.69, 9.17) is 9.47 Å². The number of hydrogen-bond donors (Lipinski definition) is 0. The molecule has 1 amide bonds. The first-order chi connectivity index (χ1) is 10.2. The number of amides is 1. The molecule has 0 unspecified atom stereocenters. The fourth-order valence-electron chi connectivity index (χ4n) is 1.90. The standard InChI is InChI=1S/C14H20N4O3/c1-17(8-11-21-10-3-9-20-2)14(19)12-13-16-5-7-18(13)6-4-15-12/h4-7H,3,8-11H2,1-2H3. The molecule has 0 bridgehead atoms. The van der Waals surface area contributed by atoms with E-state index in [-0.39, 0.29) is 5.91 Å². The molecule has 0 N–H and O–H groups in total. The highest BCUT2D eigenvalue weighted by atomic mass is 16.5. The van der Waals surface area contributed by atoms with Gasteiger partial charge in [-0.3, -0.25) is 4.79 Å². The number of aromatic nitrogens is 3. The number of rotatable bonds is 8. The molecule has 7 nitrogen and oxygen atoms in total. The third-order valence-electron chi connectivity index (χ3n) is 3.07.